The molecule has 1 aliphatic rings. The van der Waals surface area contributed by atoms with E-state index in [-0.39, 0.29) is 6.04 Å². The van der Waals surface area contributed by atoms with Gasteiger partial charge in [-0.05, 0) is 31.6 Å². The Hall–Kier alpha value is -1.32. The number of nitrogens with zero attached hydrogens (tertiary/aromatic N) is 2. The number of likely N-dealkylation sites (tertiary alicyclic amines) is 1. The average molecular weight is 243 g/mol. The molecule has 96 valence electrons. The van der Waals surface area contributed by atoms with E-state index in [0.717, 1.165) is 19.5 Å². The van der Waals surface area contributed by atoms with Crippen molar-refractivity contribution in [3.63, 3.8) is 0 Å². The van der Waals surface area contributed by atoms with Gasteiger partial charge in [-0.1, -0.05) is 18.2 Å². The minimum atomic E-state index is 0.245. The number of likely N-dealkylation sites (N-methyl/N-ethyl adjacent to an activating group) is 1. The molecule has 3 rings (SSSR count). The molecule has 1 saturated heterocycles. The van der Waals surface area contributed by atoms with Gasteiger partial charge in [0.05, 0.1) is 0 Å². The number of rotatable bonds is 1. The van der Waals surface area contributed by atoms with Gasteiger partial charge < -0.3 is 15.2 Å². The molecular weight excluding hydrogens is 222 g/mol. The average Bonchev–Trinajstić information content (AvgIpc) is 2.68. The highest BCUT2D eigenvalue weighted by molar-refractivity contribution is 5.84. The summed E-state index contributed by atoms with van der Waals surface area (Å²) in [6, 6.07) is 8.86. The molecule has 1 fully saturated rings. The van der Waals surface area contributed by atoms with Crippen LogP contribution in [0.3, 0.4) is 0 Å². The molecule has 18 heavy (non-hydrogen) atoms. The van der Waals surface area contributed by atoms with Gasteiger partial charge in [-0.15, -0.1) is 0 Å². The van der Waals surface area contributed by atoms with Gasteiger partial charge in [0.25, 0.3) is 0 Å². The van der Waals surface area contributed by atoms with Gasteiger partial charge in [0.15, 0.2) is 0 Å². The second kappa shape index (κ2) is 4.41. The molecule has 0 amide bonds. The van der Waals surface area contributed by atoms with Crippen LogP contribution in [0.1, 0.15) is 17.9 Å². The lowest BCUT2D eigenvalue weighted by molar-refractivity contribution is 0.229. The molecule has 0 bridgehead atoms. The number of hydrogen-bond acceptors (Lipinski definition) is 2. The van der Waals surface area contributed by atoms with E-state index in [2.05, 4.69) is 54.0 Å². The van der Waals surface area contributed by atoms with Crippen LogP contribution in [-0.2, 0) is 7.05 Å². The van der Waals surface area contributed by atoms with Crippen molar-refractivity contribution >= 4 is 10.9 Å². The van der Waals surface area contributed by atoms with Crippen molar-refractivity contribution in [3.05, 3.63) is 36.0 Å². The van der Waals surface area contributed by atoms with Gasteiger partial charge in [0.2, 0.25) is 0 Å². The first-order chi connectivity index (χ1) is 8.66. The minimum Gasteiger partial charge on any atom is -0.350 e. The fourth-order valence-electron chi connectivity index (χ4n) is 3.21. The topological polar surface area (TPSA) is 34.2 Å². The predicted octanol–water partition coefficient (Wildman–Crippen LogP) is 1.92. The summed E-state index contributed by atoms with van der Waals surface area (Å²) in [5, 5.41) is 1.37. The van der Waals surface area contributed by atoms with E-state index in [0.29, 0.717) is 5.92 Å². The molecular formula is C15H21N3. The third kappa shape index (κ3) is 1.84. The maximum Gasteiger partial charge on any atom is 0.0480 e. The van der Waals surface area contributed by atoms with E-state index in [9.17, 15) is 0 Å². The Balaban J connectivity index is 2.04. The van der Waals surface area contributed by atoms with Gasteiger partial charge in [0.1, 0.15) is 0 Å². The summed E-state index contributed by atoms with van der Waals surface area (Å²) < 4.78 is 2.22. The smallest absolute Gasteiger partial charge is 0.0480 e. The molecule has 0 aliphatic carbocycles. The lowest BCUT2D eigenvalue weighted by Crippen LogP contribution is -2.45. The van der Waals surface area contributed by atoms with Gasteiger partial charge in [-0.3, -0.25) is 0 Å². The summed E-state index contributed by atoms with van der Waals surface area (Å²) in [5.74, 6) is 0.493. The fourth-order valence-corrected chi connectivity index (χ4v) is 3.21. The third-order valence-electron chi connectivity index (χ3n) is 4.19. The van der Waals surface area contributed by atoms with Gasteiger partial charge in [0, 0.05) is 42.7 Å². The van der Waals surface area contributed by atoms with E-state index in [1.54, 1.807) is 0 Å². The van der Waals surface area contributed by atoms with Crippen LogP contribution in [0.5, 0.6) is 0 Å². The molecule has 0 radical (unpaired) electrons. The number of aromatic nitrogens is 1. The summed E-state index contributed by atoms with van der Waals surface area (Å²) in [6.07, 6.45) is 3.42. The maximum absolute atomic E-state index is 6.35. The van der Waals surface area contributed by atoms with Gasteiger partial charge >= 0.3 is 0 Å². The molecule has 0 spiro atoms. The Morgan fingerprint density at radius 1 is 1.22 bits per heavy atom. The van der Waals surface area contributed by atoms with Crippen molar-refractivity contribution in [3.8, 4) is 0 Å². The molecule has 0 saturated carbocycles. The Bertz CT molecular complexity index is 558. The zero-order valence-electron chi connectivity index (χ0n) is 11.1. The number of hydrogen-bond donors (Lipinski definition) is 1. The van der Waals surface area contributed by atoms with Crippen molar-refractivity contribution < 1.29 is 0 Å². The Morgan fingerprint density at radius 2 is 2.00 bits per heavy atom. The quantitative estimate of drug-likeness (QED) is 0.830. The second-order valence-electron chi connectivity index (χ2n) is 5.53. The molecule has 1 aliphatic heterocycles. The SMILES string of the molecule is CN1CCC(c2cn(C)c3ccccc23)C(N)C1. The van der Waals surface area contributed by atoms with Crippen LogP contribution in [0.2, 0.25) is 0 Å². The first kappa shape index (κ1) is 11.8. The van der Waals surface area contributed by atoms with Crippen LogP contribution < -0.4 is 5.73 Å². The highest BCUT2D eigenvalue weighted by Gasteiger charge is 2.28. The largest absolute Gasteiger partial charge is 0.350 e. The third-order valence-corrected chi connectivity index (χ3v) is 4.19. The number of benzene rings is 1. The molecule has 2 aromatic rings. The van der Waals surface area contributed by atoms with E-state index in [1.807, 2.05) is 0 Å². The Kier molecular flexibility index (Phi) is 2.88. The number of aryl methyl sites for hydroxylation is 1. The monoisotopic (exact) mass is 243 g/mol. The normalized spacial score (nSPS) is 25.7. The van der Waals surface area contributed by atoms with Crippen molar-refractivity contribution in [2.24, 2.45) is 12.8 Å². The van der Waals surface area contributed by atoms with Crippen LogP contribution in [0, 0.1) is 0 Å². The zero-order valence-corrected chi connectivity index (χ0v) is 11.1. The molecule has 3 nitrogen and oxygen atoms in total. The molecule has 1 aromatic carbocycles. The maximum atomic E-state index is 6.35. The van der Waals surface area contributed by atoms with E-state index in [1.165, 1.54) is 16.5 Å². The molecule has 3 heteroatoms. The van der Waals surface area contributed by atoms with Crippen LogP contribution >= 0.6 is 0 Å². The molecule has 2 atom stereocenters. The van der Waals surface area contributed by atoms with Crippen molar-refractivity contribution in [1.29, 1.82) is 0 Å². The van der Waals surface area contributed by atoms with E-state index < -0.39 is 0 Å². The predicted molar refractivity (Wildman–Crippen MR) is 75.7 cm³/mol. The minimum absolute atomic E-state index is 0.245. The second-order valence-corrected chi connectivity index (χ2v) is 5.53. The van der Waals surface area contributed by atoms with Crippen molar-refractivity contribution in [1.82, 2.24) is 9.47 Å². The highest BCUT2D eigenvalue weighted by Crippen LogP contribution is 2.33. The van der Waals surface area contributed by atoms with Crippen LogP contribution in [0.25, 0.3) is 10.9 Å². The van der Waals surface area contributed by atoms with Crippen LogP contribution in [0.4, 0.5) is 0 Å². The fraction of sp³-hybridized carbons (Fsp3) is 0.467. The summed E-state index contributed by atoms with van der Waals surface area (Å²) in [4.78, 5) is 2.33. The molecule has 2 unspecified atom stereocenters. The van der Waals surface area contributed by atoms with E-state index >= 15 is 0 Å². The number of piperidine rings is 1. The summed E-state index contributed by atoms with van der Waals surface area (Å²) >= 11 is 0. The van der Waals surface area contributed by atoms with Crippen LogP contribution in [0.15, 0.2) is 30.5 Å². The summed E-state index contributed by atoms with van der Waals surface area (Å²) in [5.41, 5.74) is 9.08. The first-order valence-electron chi connectivity index (χ1n) is 6.65. The first-order valence-corrected chi connectivity index (χ1v) is 6.65. The molecule has 2 heterocycles. The Morgan fingerprint density at radius 3 is 2.78 bits per heavy atom. The summed E-state index contributed by atoms with van der Waals surface area (Å²) in [7, 11) is 4.27. The number of nitrogens with two attached hydrogens (primary N) is 1. The van der Waals surface area contributed by atoms with Crippen LogP contribution in [-0.4, -0.2) is 35.6 Å². The number of fused-ring (bicyclic) bond motifs is 1. The lowest BCUT2D eigenvalue weighted by Gasteiger charge is -2.34. The number of para-hydroxylation sites is 1. The Labute approximate surface area is 108 Å². The van der Waals surface area contributed by atoms with Gasteiger partial charge in [-0.2, -0.15) is 0 Å². The molecule has 2 N–H and O–H groups in total. The van der Waals surface area contributed by atoms with E-state index in [4.69, 9.17) is 5.73 Å². The van der Waals surface area contributed by atoms with Gasteiger partial charge in [-0.25, -0.2) is 0 Å². The lowest BCUT2D eigenvalue weighted by atomic mass is 9.86. The summed E-state index contributed by atoms with van der Waals surface area (Å²) in [6.45, 7) is 2.13. The standard InChI is InChI=1S/C15H21N3/c1-17-8-7-11(14(16)10-17)13-9-18(2)15-6-4-3-5-12(13)15/h3-6,9,11,14H,7-8,10,16H2,1-2H3. The zero-order chi connectivity index (χ0) is 12.7. The molecule has 1 aromatic heterocycles. The van der Waals surface area contributed by atoms with Crippen molar-refractivity contribution in [2.45, 2.75) is 18.4 Å². The highest BCUT2D eigenvalue weighted by atomic mass is 15.1. The van der Waals surface area contributed by atoms with Crippen molar-refractivity contribution in [2.75, 3.05) is 20.1 Å².